The van der Waals surface area contributed by atoms with Gasteiger partial charge in [0.2, 0.25) is 5.89 Å². The van der Waals surface area contributed by atoms with Gasteiger partial charge in [0.25, 0.3) is 0 Å². The van der Waals surface area contributed by atoms with Crippen LogP contribution in [0, 0.1) is 5.92 Å². The third kappa shape index (κ3) is 2.69. The maximum atomic E-state index is 6.03. The molecule has 0 bridgehead atoms. The van der Waals surface area contributed by atoms with Crippen molar-refractivity contribution in [1.29, 1.82) is 0 Å². The summed E-state index contributed by atoms with van der Waals surface area (Å²) in [4.78, 5) is 6.88. The molecule has 1 saturated heterocycles. The fraction of sp³-hybridized carbons (Fsp3) is 0.400. The van der Waals surface area contributed by atoms with Gasteiger partial charge in [0.1, 0.15) is 6.26 Å². The number of hydrogen-bond donors (Lipinski definition) is 1. The lowest BCUT2D eigenvalue weighted by molar-refractivity contribution is 0.314. The first-order valence-electron chi connectivity index (χ1n) is 6.70. The van der Waals surface area contributed by atoms with E-state index < -0.39 is 0 Å². The van der Waals surface area contributed by atoms with Gasteiger partial charge in [-0.2, -0.15) is 0 Å². The Hall–Kier alpha value is -1.65. The largest absolute Gasteiger partial charge is 0.444 e. The Kier molecular flexibility index (Phi) is 3.36. The number of rotatable bonds is 3. The summed E-state index contributed by atoms with van der Waals surface area (Å²) in [7, 11) is 0. The summed E-state index contributed by atoms with van der Waals surface area (Å²) in [6.45, 7) is 4.99. The SMILES string of the molecule is CC1CN(Cc2coc(-c3ccccc3)n2)CC1N. The summed E-state index contributed by atoms with van der Waals surface area (Å²) in [5, 5.41) is 0. The molecule has 2 N–H and O–H groups in total. The van der Waals surface area contributed by atoms with Crippen LogP contribution in [0.4, 0.5) is 0 Å². The first-order chi connectivity index (χ1) is 9.22. The first kappa shape index (κ1) is 12.4. The van der Waals surface area contributed by atoms with Crippen LogP contribution in [0.5, 0.6) is 0 Å². The van der Waals surface area contributed by atoms with Crippen LogP contribution >= 0.6 is 0 Å². The lowest BCUT2D eigenvalue weighted by atomic mass is 10.1. The summed E-state index contributed by atoms with van der Waals surface area (Å²) in [6, 6.07) is 10.2. The van der Waals surface area contributed by atoms with E-state index in [1.165, 1.54) is 0 Å². The second-order valence-corrected chi connectivity index (χ2v) is 5.35. The molecule has 2 atom stereocenters. The van der Waals surface area contributed by atoms with Crippen LogP contribution < -0.4 is 5.73 Å². The van der Waals surface area contributed by atoms with E-state index in [0.717, 1.165) is 30.9 Å². The van der Waals surface area contributed by atoms with Crippen molar-refractivity contribution in [2.24, 2.45) is 11.7 Å². The van der Waals surface area contributed by atoms with Gasteiger partial charge in [-0.25, -0.2) is 4.98 Å². The van der Waals surface area contributed by atoms with Gasteiger partial charge < -0.3 is 10.2 Å². The van der Waals surface area contributed by atoms with Crippen LogP contribution in [0.1, 0.15) is 12.6 Å². The molecule has 100 valence electrons. The number of benzene rings is 1. The van der Waals surface area contributed by atoms with Crippen LogP contribution in [0.25, 0.3) is 11.5 Å². The molecule has 2 heterocycles. The van der Waals surface area contributed by atoms with E-state index in [-0.39, 0.29) is 6.04 Å². The lowest BCUT2D eigenvalue weighted by Crippen LogP contribution is -2.28. The van der Waals surface area contributed by atoms with Gasteiger partial charge in [-0.3, -0.25) is 4.90 Å². The van der Waals surface area contributed by atoms with Crippen LogP contribution in [0.3, 0.4) is 0 Å². The van der Waals surface area contributed by atoms with Crippen molar-refractivity contribution in [2.45, 2.75) is 19.5 Å². The van der Waals surface area contributed by atoms with Gasteiger partial charge in [-0.1, -0.05) is 25.1 Å². The molecule has 1 aromatic heterocycles. The Morgan fingerprint density at radius 3 is 2.79 bits per heavy atom. The molecule has 19 heavy (non-hydrogen) atoms. The predicted octanol–water partition coefficient (Wildman–Crippen LogP) is 2.12. The Morgan fingerprint density at radius 1 is 1.32 bits per heavy atom. The van der Waals surface area contributed by atoms with E-state index in [1.807, 2.05) is 30.3 Å². The van der Waals surface area contributed by atoms with E-state index in [9.17, 15) is 0 Å². The van der Waals surface area contributed by atoms with Crippen LogP contribution in [0.15, 0.2) is 41.0 Å². The molecule has 1 aliphatic rings. The zero-order valence-corrected chi connectivity index (χ0v) is 11.1. The molecule has 3 rings (SSSR count). The summed E-state index contributed by atoms with van der Waals surface area (Å²) in [6.07, 6.45) is 1.75. The highest BCUT2D eigenvalue weighted by Crippen LogP contribution is 2.21. The van der Waals surface area contributed by atoms with Gasteiger partial charge in [-0.05, 0) is 18.1 Å². The molecular weight excluding hydrogens is 238 g/mol. The van der Waals surface area contributed by atoms with Gasteiger partial charge >= 0.3 is 0 Å². The Morgan fingerprint density at radius 2 is 2.11 bits per heavy atom. The summed E-state index contributed by atoms with van der Waals surface area (Å²) in [5.41, 5.74) is 8.02. The quantitative estimate of drug-likeness (QED) is 0.915. The Balaban J connectivity index is 1.69. The predicted molar refractivity (Wildman–Crippen MR) is 74.4 cm³/mol. The highest BCUT2D eigenvalue weighted by atomic mass is 16.3. The highest BCUT2D eigenvalue weighted by molar-refractivity contribution is 5.52. The third-order valence-electron chi connectivity index (χ3n) is 3.70. The molecular formula is C15H19N3O. The van der Waals surface area contributed by atoms with Crippen molar-refractivity contribution < 1.29 is 4.42 Å². The standard InChI is InChI=1S/C15H19N3O/c1-11-7-18(9-14(11)16)8-13-10-19-15(17-13)12-5-3-2-4-6-12/h2-6,10-11,14H,7-9,16H2,1H3. The topological polar surface area (TPSA) is 55.3 Å². The zero-order chi connectivity index (χ0) is 13.2. The van der Waals surface area contributed by atoms with E-state index >= 15 is 0 Å². The summed E-state index contributed by atoms with van der Waals surface area (Å²) < 4.78 is 5.55. The van der Waals surface area contributed by atoms with E-state index in [0.29, 0.717) is 11.8 Å². The lowest BCUT2D eigenvalue weighted by Gasteiger charge is -2.12. The van der Waals surface area contributed by atoms with Crippen molar-refractivity contribution in [1.82, 2.24) is 9.88 Å². The molecule has 4 heteroatoms. The molecule has 0 amide bonds. The Labute approximate surface area is 113 Å². The van der Waals surface area contributed by atoms with Gasteiger partial charge in [0, 0.05) is 31.2 Å². The maximum Gasteiger partial charge on any atom is 0.226 e. The minimum absolute atomic E-state index is 0.278. The number of aromatic nitrogens is 1. The second kappa shape index (κ2) is 5.15. The Bertz CT molecular complexity index is 527. The number of nitrogens with two attached hydrogens (primary N) is 1. The van der Waals surface area contributed by atoms with Crippen LogP contribution in [-0.2, 0) is 6.54 Å². The van der Waals surface area contributed by atoms with Crippen LogP contribution in [-0.4, -0.2) is 29.0 Å². The summed E-state index contributed by atoms with van der Waals surface area (Å²) in [5.74, 6) is 1.24. The molecule has 1 aliphatic heterocycles. The zero-order valence-electron chi connectivity index (χ0n) is 11.1. The van der Waals surface area contributed by atoms with Crippen molar-refractivity contribution >= 4 is 0 Å². The van der Waals surface area contributed by atoms with E-state index in [1.54, 1.807) is 6.26 Å². The molecule has 0 saturated carbocycles. The second-order valence-electron chi connectivity index (χ2n) is 5.35. The van der Waals surface area contributed by atoms with Gasteiger partial charge in [0.05, 0.1) is 5.69 Å². The van der Waals surface area contributed by atoms with E-state index in [2.05, 4.69) is 16.8 Å². The molecule has 2 aromatic rings. The number of likely N-dealkylation sites (tertiary alicyclic amines) is 1. The van der Waals surface area contributed by atoms with Crippen molar-refractivity contribution in [3.63, 3.8) is 0 Å². The van der Waals surface area contributed by atoms with Gasteiger partial charge in [-0.15, -0.1) is 0 Å². The number of oxazole rings is 1. The highest BCUT2D eigenvalue weighted by Gasteiger charge is 2.26. The molecule has 4 nitrogen and oxygen atoms in total. The van der Waals surface area contributed by atoms with Crippen LogP contribution in [0.2, 0.25) is 0 Å². The van der Waals surface area contributed by atoms with Crippen molar-refractivity contribution in [3.05, 3.63) is 42.3 Å². The molecule has 0 radical (unpaired) electrons. The minimum Gasteiger partial charge on any atom is -0.444 e. The fourth-order valence-electron chi connectivity index (χ4n) is 2.55. The maximum absolute atomic E-state index is 6.03. The van der Waals surface area contributed by atoms with Gasteiger partial charge in [0.15, 0.2) is 0 Å². The molecule has 2 unspecified atom stereocenters. The molecule has 1 aromatic carbocycles. The van der Waals surface area contributed by atoms with E-state index in [4.69, 9.17) is 10.2 Å². The summed E-state index contributed by atoms with van der Waals surface area (Å²) >= 11 is 0. The van der Waals surface area contributed by atoms with Crippen molar-refractivity contribution in [3.8, 4) is 11.5 Å². The smallest absolute Gasteiger partial charge is 0.226 e. The number of hydrogen-bond acceptors (Lipinski definition) is 4. The number of nitrogens with zero attached hydrogens (tertiary/aromatic N) is 2. The molecule has 0 spiro atoms. The minimum atomic E-state index is 0.278. The average molecular weight is 257 g/mol. The monoisotopic (exact) mass is 257 g/mol. The first-order valence-corrected chi connectivity index (χ1v) is 6.70. The van der Waals surface area contributed by atoms with Crippen molar-refractivity contribution in [2.75, 3.05) is 13.1 Å². The third-order valence-corrected chi connectivity index (χ3v) is 3.70. The normalized spacial score (nSPS) is 23.9. The average Bonchev–Trinajstić information content (AvgIpc) is 2.99. The molecule has 1 fully saturated rings. The molecule has 0 aliphatic carbocycles. The fourth-order valence-corrected chi connectivity index (χ4v) is 2.55.